The Morgan fingerprint density at radius 2 is 1.53 bits per heavy atom. The van der Waals surface area contributed by atoms with Crippen molar-refractivity contribution in [1.29, 1.82) is 0 Å². The topological polar surface area (TPSA) is 64.4 Å². The lowest BCUT2D eigenvalue weighted by atomic mass is 9.54. The molecule has 4 nitrogen and oxygen atoms in total. The number of hydrogen-bond acceptors (Lipinski definition) is 3. The van der Waals surface area contributed by atoms with Crippen LogP contribution in [0.15, 0.2) is 48.5 Å². The van der Waals surface area contributed by atoms with E-state index in [1.807, 2.05) is 12.1 Å². The summed E-state index contributed by atoms with van der Waals surface area (Å²) in [6.45, 7) is -0.482. The van der Waals surface area contributed by atoms with Gasteiger partial charge in [0.05, 0.1) is 29.9 Å². The number of carbonyl (C=O) groups is 1. The van der Waals surface area contributed by atoms with Gasteiger partial charge in [-0.1, -0.05) is 30.3 Å². The van der Waals surface area contributed by atoms with Crippen LogP contribution in [0.1, 0.15) is 35.1 Å². The Morgan fingerprint density at radius 1 is 1.00 bits per heavy atom. The van der Waals surface area contributed by atoms with Gasteiger partial charge in [-0.05, 0) is 42.2 Å². The molecule has 0 atom stereocenters. The molecule has 0 spiro atoms. The molecule has 1 fully saturated rings. The number of amides is 1. The van der Waals surface area contributed by atoms with Gasteiger partial charge in [-0.2, -0.15) is 26.3 Å². The average molecular weight is 460 g/mol. The average Bonchev–Trinajstić information content (AvgIpc) is 2.70. The second kappa shape index (κ2) is 8.40. The Labute approximate surface area is 180 Å². The smallest absolute Gasteiger partial charge is 0.376 e. The summed E-state index contributed by atoms with van der Waals surface area (Å²) in [5.74, 6) is -0.350. The van der Waals surface area contributed by atoms with E-state index in [9.17, 15) is 31.1 Å². The van der Waals surface area contributed by atoms with Gasteiger partial charge in [-0.25, -0.2) is 0 Å². The molecule has 174 valence electrons. The number of ether oxygens (including phenoxy) is 1. The summed E-state index contributed by atoms with van der Waals surface area (Å²) >= 11 is 0. The highest BCUT2D eigenvalue weighted by Gasteiger charge is 2.57. The third-order valence-corrected chi connectivity index (χ3v) is 5.67. The minimum Gasteiger partial charge on any atom is -0.376 e. The van der Waals surface area contributed by atoms with E-state index >= 15 is 0 Å². The number of halogens is 6. The van der Waals surface area contributed by atoms with Crippen LogP contribution in [-0.4, -0.2) is 25.1 Å². The molecule has 1 aliphatic rings. The molecule has 0 unspecified atom stereocenters. The minimum atomic E-state index is -4.93. The fraction of sp³-hybridized carbons (Fsp3) is 0.409. The van der Waals surface area contributed by atoms with E-state index in [2.05, 4.69) is 5.32 Å². The minimum absolute atomic E-state index is 0.0233. The van der Waals surface area contributed by atoms with Crippen LogP contribution in [-0.2, 0) is 33.9 Å². The van der Waals surface area contributed by atoms with Crippen molar-refractivity contribution in [1.82, 2.24) is 5.32 Å². The number of benzene rings is 2. The molecule has 1 aliphatic carbocycles. The van der Waals surface area contributed by atoms with E-state index in [4.69, 9.17) is 10.5 Å². The Bertz CT molecular complexity index is 934. The number of nitrogens with one attached hydrogen (secondary N) is 1. The number of rotatable bonds is 6. The highest BCUT2D eigenvalue weighted by Crippen LogP contribution is 2.49. The summed E-state index contributed by atoms with van der Waals surface area (Å²) in [5.41, 5.74) is 2.14. The van der Waals surface area contributed by atoms with Crippen LogP contribution in [0.4, 0.5) is 26.3 Å². The highest BCUT2D eigenvalue weighted by atomic mass is 19.4. The van der Waals surface area contributed by atoms with Crippen LogP contribution in [0.2, 0.25) is 0 Å². The van der Waals surface area contributed by atoms with Gasteiger partial charge >= 0.3 is 12.4 Å². The normalized spacial score (nSPS) is 23.5. The standard InChI is InChI=1S/C22H22F6N2O2/c1-30-18(31)20(29)11-19(12-20,15-5-3-2-4-6-15)13-32-10-14-7-16(21(23,24)25)9-17(8-14)22(26,27)28/h2-9H,10-13,29H2,1H3,(H,30,31). The maximum atomic E-state index is 13.1. The number of carbonyl (C=O) groups excluding carboxylic acids is 1. The molecule has 10 heteroatoms. The lowest BCUT2D eigenvalue weighted by molar-refractivity contribution is -0.143. The zero-order valence-electron chi connectivity index (χ0n) is 17.1. The van der Waals surface area contributed by atoms with Crippen LogP contribution in [0, 0.1) is 0 Å². The summed E-state index contributed by atoms with van der Waals surface area (Å²) in [7, 11) is 1.46. The van der Waals surface area contributed by atoms with Crippen LogP contribution in [0.5, 0.6) is 0 Å². The van der Waals surface area contributed by atoms with Crippen molar-refractivity contribution in [3.05, 3.63) is 70.8 Å². The zero-order valence-corrected chi connectivity index (χ0v) is 17.1. The fourth-order valence-electron chi connectivity index (χ4n) is 4.21. The van der Waals surface area contributed by atoms with Gasteiger partial charge in [0.15, 0.2) is 0 Å². The van der Waals surface area contributed by atoms with E-state index < -0.39 is 41.0 Å². The molecule has 2 aromatic rings. The maximum absolute atomic E-state index is 13.1. The first kappa shape index (κ1) is 24.1. The predicted molar refractivity (Wildman–Crippen MR) is 104 cm³/mol. The summed E-state index contributed by atoms with van der Waals surface area (Å²) < 4.78 is 84.0. The van der Waals surface area contributed by atoms with Gasteiger partial charge in [0.2, 0.25) is 5.91 Å². The monoisotopic (exact) mass is 460 g/mol. The second-order valence-electron chi connectivity index (χ2n) is 8.14. The van der Waals surface area contributed by atoms with Gasteiger partial charge in [-0.15, -0.1) is 0 Å². The van der Waals surface area contributed by atoms with E-state index in [1.165, 1.54) is 7.05 Å². The molecule has 3 N–H and O–H groups in total. The van der Waals surface area contributed by atoms with Gasteiger partial charge < -0.3 is 15.8 Å². The lowest BCUT2D eigenvalue weighted by Gasteiger charge is -2.53. The Kier molecular flexibility index (Phi) is 6.32. The zero-order chi connectivity index (χ0) is 23.8. The number of likely N-dealkylation sites (N-methyl/N-ethyl adjacent to an activating group) is 1. The van der Waals surface area contributed by atoms with Crippen molar-refractivity contribution in [2.24, 2.45) is 5.73 Å². The number of alkyl halides is 6. The van der Waals surface area contributed by atoms with Crippen molar-refractivity contribution in [2.45, 2.75) is 42.8 Å². The van der Waals surface area contributed by atoms with Crippen molar-refractivity contribution < 1.29 is 35.9 Å². The molecule has 0 aliphatic heterocycles. The van der Waals surface area contributed by atoms with Crippen LogP contribution < -0.4 is 11.1 Å². The highest BCUT2D eigenvalue weighted by molar-refractivity contribution is 5.87. The molecule has 3 rings (SSSR count). The van der Waals surface area contributed by atoms with Crippen LogP contribution in [0.25, 0.3) is 0 Å². The molecule has 0 radical (unpaired) electrons. The van der Waals surface area contributed by atoms with Gasteiger partial charge in [0.1, 0.15) is 0 Å². The molecular formula is C22H22F6N2O2. The molecule has 2 aromatic carbocycles. The molecule has 0 heterocycles. The molecular weight excluding hydrogens is 438 g/mol. The van der Waals surface area contributed by atoms with E-state index in [1.54, 1.807) is 18.2 Å². The van der Waals surface area contributed by atoms with E-state index in [0.717, 1.165) is 5.56 Å². The molecule has 0 aromatic heterocycles. The van der Waals surface area contributed by atoms with Crippen molar-refractivity contribution in [3.63, 3.8) is 0 Å². The quantitative estimate of drug-likeness (QED) is 0.628. The Morgan fingerprint density at radius 3 is 2.00 bits per heavy atom. The van der Waals surface area contributed by atoms with E-state index in [0.29, 0.717) is 12.1 Å². The van der Waals surface area contributed by atoms with E-state index in [-0.39, 0.29) is 37.0 Å². The first-order valence-corrected chi connectivity index (χ1v) is 9.72. The van der Waals surface area contributed by atoms with Gasteiger partial charge in [0.25, 0.3) is 0 Å². The SMILES string of the molecule is CNC(=O)C1(N)CC(COCc2cc(C(F)(F)F)cc(C(F)(F)F)c2)(c2ccccc2)C1. The third-order valence-electron chi connectivity index (χ3n) is 5.67. The molecule has 1 saturated carbocycles. The van der Waals surface area contributed by atoms with Crippen LogP contribution in [0.3, 0.4) is 0 Å². The first-order chi connectivity index (χ1) is 14.8. The lowest BCUT2D eigenvalue weighted by Crippen LogP contribution is -2.68. The van der Waals surface area contributed by atoms with Crippen molar-refractivity contribution >= 4 is 5.91 Å². The molecule has 0 saturated heterocycles. The summed E-state index contributed by atoms with van der Waals surface area (Å²) in [6.07, 6.45) is -9.41. The molecule has 1 amide bonds. The predicted octanol–water partition coefficient (Wildman–Crippen LogP) is 4.42. The summed E-state index contributed by atoms with van der Waals surface area (Å²) in [6, 6.07) is 10.4. The maximum Gasteiger partial charge on any atom is 0.416 e. The summed E-state index contributed by atoms with van der Waals surface area (Å²) in [5, 5.41) is 2.50. The second-order valence-corrected chi connectivity index (χ2v) is 8.14. The van der Waals surface area contributed by atoms with Crippen molar-refractivity contribution in [2.75, 3.05) is 13.7 Å². The first-order valence-electron chi connectivity index (χ1n) is 9.72. The Hall–Kier alpha value is -2.59. The number of nitrogens with two attached hydrogens (primary N) is 1. The van der Waals surface area contributed by atoms with Crippen molar-refractivity contribution in [3.8, 4) is 0 Å². The fourth-order valence-corrected chi connectivity index (χ4v) is 4.21. The largest absolute Gasteiger partial charge is 0.416 e. The van der Waals surface area contributed by atoms with Gasteiger partial charge in [0, 0.05) is 12.5 Å². The Balaban J connectivity index is 1.81. The van der Waals surface area contributed by atoms with Gasteiger partial charge in [-0.3, -0.25) is 4.79 Å². The molecule has 32 heavy (non-hydrogen) atoms. The number of hydrogen-bond donors (Lipinski definition) is 2. The molecule has 0 bridgehead atoms. The van der Waals surface area contributed by atoms with Crippen LogP contribution >= 0.6 is 0 Å². The summed E-state index contributed by atoms with van der Waals surface area (Å²) in [4.78, 5) is 12.1. The third kappa shape index (κ3) is 4.91.